The van der Waals surface area contributed by atoms with E-state index in [1.807, 2.05) is 13.2 Å². The molecule has 0 aliphatic heterocycles. The van der Waals surface area contributed by atoms with Gasteiger partial charge in [-0.3, -0.25) is 15.5 Å². The zero-order valence-electron chi connectivity index (χ0n) is 13.5. The second-order valence-electron chi connectivity index (χ2n) is 6.56. The van der Waals surface area contributed by atoms with Crippen molar-refractivity contribution in [3.8, 4) is 6.19 Å². The van der Waals surface area contributed by atoms with Gasteiger partial charge in [-0.15, -0.1) is 0 Å². The van der Waals surface area contributed by atoms with Crippen LogP contribution in [0.15, 0.2) is 0 Å². The Balaban J connectivity index is 4.01. The van der Waals surface area contributed by atoms with E-state index in [0.29, 0.717) is 5.41 Å². The molecule has 19 heavy (non-hydrogen) atoms. The Bertz CT molecular complexity index is 264. The van der Waals surface area contributed by atoms with Crippen molar-refractivity contribution in [2.24, 2.45) is 5.41 Å². The molecule has 0 spiro atoms. The Morgan fingerprint density at radius 2 is 1.79 bits per heavy atom. The molecule has 0 radical (unpaired) electrons. The highest BCUT2D eigenvalue weighted by molar-refractivity contribution is 4.75. The Morgan fingerprint density at radius 3 is 2.26 bits per heavy atom. The number of hydrogen-bond acceptors (Lipinski definition) is 5. The van der Waals surface area contributed by atoms with Crippen molar-refractivity contribution in [3.05, 3.63) is 0 Å². The third-order valence-electron chi connectivity index (χ3n) is 2.98. The summed E-state index contributed by atoms with van der Waals surface area (Å²) in [5.41, 5.74) is 0.372. The molecule has 0 heterocycles. The van der Waals surface area contributed by atoms with E-state index in [1.54, 1.807) is 0 Å². The van der Waals surface area contributed by atoms with Crippen LogP contribution in [0.2, 0.25) is 0 Å². The lowest BCUT2D eigenvalue weighted by Crippen LogP contribution is -2.53. The van der Waals surface area contributed by atoms with Crippen LogP contribution in [0.1, 0.15) is 33.6 Å². The number of likely N-dealkylation sites (N-methyl/N-ethyl adjacent to an activating group) is 2. The van der Waals surface area contributed by atoms with Crippen LogP contribution >= 0.6 is 0 Å². The summed E-state index contributed by atoms with van der Waals surface area (Å²) >= 11 is 0. The molecule has 5 nitrogen and oxygen atoms in total. The van der Waals surface area contributed by atoms with Gasteiger partial charge in [0.25, 0.3) is 0 Å². The van der Waals surface area contributed by atoms with Crippen LogP contribution in [-0.4, -0.2) is 56.9 Å². The maximum absolute atomic E-state index is 8.81. The summed E-state index contributed by atoms with van der Waals surface area (Å²) in [6.45, 7) is 9.56. The molecule has 1 unspecified atom stereocenters. The smallest absolute Gasteiger partial charge is 0.178 e. The molecule has 0 saturated carbocycles. The van der Waals surface area contributed by atoms with Crippen molar-refractivity contribution in [2.45, 2.75) is 39.9 Å². The zero-order chi connectivity index (χ0) is 14.9. The summed E-state index contributed by atoms with van der Waals surface area (Å²) < 4.78 is 0. The van der Waals surface area contributed by atoms with Crippen molar-refractivity contribution in [1.29, 1.82) is 5.26 Å². The summed E-state index contributed by atoms with van der Waals surface area (Å²) in [7, 11) is 6.13. The molecule has 0 amide bonds. The van der Waals surface area contributed by atoms with Gasteiger partial charge in [0.1, 0.15) is 6.29 Å². The molecule has 0 saturated heterocycles. The molecule has 0 aliphatic carbocycles. The first-order valence-electron chi connectivity index (χ1n) is 6.99. The quantitative estimate of drug-likeness (QED) is 0.285. The van der Waals surface area contributed by atoms with Crippen LogP contribution in [0.5, 0.6) is 0 Å². The Kier molecular flexibility index (Phi) is 8.73. The highest BCUT2D eigenvalue weighted by Gasteiger charge is 2.14. The van der Waals surface area contributed by atoms with Gasteiger partial charge in [0.2, 0.25) is 0 Å². The monoisotopic (exact) mass is 269 g/mol. The molecule has 0 aromatic heterocycles. The van der Waals surface area contributed by atoms with E-state index >= 15 is 0 Å². The van der Waals surface area contributed by atoms with Gasteiger partial charge in [0, 0.05) is 13.1 Å². The molecular weight excluding hydrogens is 238 g/mol. The first-order chi connectivity index (χ1) is 8.76. The highest BCUT2D eigenvalue weighted by Crippen LogP contribution is 2.19. The number of rotatable bonds is 9. The molecular formula is C14H31N5. The van der Waals surface area contributed by atoms with Gasteiger partial charge in [-0.1, -0.05) is 20.8 Å². The van der Waals surface area contributed by atoms with Gasteiger partial charge >= 0.3 is 0 Å². The number of nitriles is 1. The SMILES string of the molecule is CN(C)CCN(C)C(NC#N)NCCCC(C)(C)C. The fourth-order valence-electron chi connectivity index (χ4n) is 1.72. The molecule has 2 N–H and O–H groups in total. The third-order valence-corrected chi connectivity index (χ3v) is 2.98. The second-order valence-corrected chi connectivity index (χ2v) is 6.56. The van der Waals surface area contributed by atoms with Crippen LogP contribution in [0, 0.1) is 16.9 Å². The Labute approximate surface area is 118 Å². The minimum absolute atomic E-state index is 0.0788. The predicted molar refractivity (Wildman–Crippen MR) is 80.4 cm³/mol. The van der Waals surface area contributed by atoms with Crippen molar-refractivity contribution in [2.75, 3.05) is 40.8 Å². The molecule has 0 aliphatic rings. The molecule has 5 heteroatoms. The van der Waals surface area contributed by atoms with Gasteiger partial charge in [-0.05, 0) is 45.9 Å². The minimum Gasteiger partial charge on any atom is -0.308 e. The molecule has 112 valence electrons. The van der Waals surface area contributed by atoms with Crippen molar-refractivity contribution < 1.29 is 0 Å². The summed E-state index contributed by atoms with van der Waals surface area (Å²) in [5.74, 6) is 0. The molecule has 0 aromatic carbocycles. The Hall–Kier alpha value is -0.830. The van der Waals surface area contributed by atoms with Crippen LogP contribution in [-0.2, 0) is 0 Å². The van der Waals surface area contributed by atoms with Crippen LogP contribution in [0.25, 0.3) is 0 Å². The van der Waals surface area contributed by atoms with E-state index in [9.17, 15) is 0 Å². The number of nitrogens with one attached hydrogen (secondary N) is 2. The molecule has 0 fully saturated rings. The standard InChI is InChI=1S/C14H31N5/c1-14(2,3)8-7-9-16-13(17-12-15)19(6)11-10-18(4)5/h13,16-17H,7-11H2,1-6H3. The van der Waals surface area contributed by atoms with Gasteiger partial charge < -0.3 is 4.90 Å². The molecule has 0 rings (SSSR count). The van der Waals surface area contributed by atoms with Crippen LogP contribution in [0.4, 0.5) is 0 Å². The third kappa shape index (κ3) is 10.8. The fourth-order valence-corrected chi connectivity index (χ4v) is 1.72. The van der Waals surface area contributed by atoms with E-state index in [4.69, 9.17) is 5.26 Å². The van der Waals surface area contributed by atoms with Crippen molar-refractivity contribution in [1.82, 2.24) is 20.4 Å². The van der Waals surface area contributed by atoms with E-state index in [0.717, 1.165) is 26.1 Å². The molecule has 0 aromatic rings. The summed E-state index contributed by atoms with van der Waals surface area (Å²) in [6.07, 6.45) is 4.25. The zero-order valence-corrected chi connectivity index (χ0v) is 13.5. The van der Waals surface area contributed by atoms with E-state index < -0.39 is 0 Å². The largest absolute Gasteiger partial charge is 0.308 e. The maximum Gasteiger partial charge on any atom is 0.178 e. The van der Waals surface area contributed by atoms with Crippen molar-refractivity contribution in [3.63, 3.8) is 0 Å². The van der Waals surface area contributed by atoms with Gasteiger partial charge in [0.15, 0.2) is 6.19 Å². The van der Waals surface area contributed by atoms with Gasteiger partial charge in [-0.2, -0.15) is 5.26 Å². The number of hydrogen-bond donors (Lipinski definition) is 2. The average molecular weight is 269 g/mol. The highest BCUT2D eigenvalue weighted by atomic mass is 15.4. The maximum atomic E-state index is 8.81. The molecule has 1 atom stereocenters. The average Bonchev–Trinajstić information content (AvgIpc) is 2.28. The minimum atomic E-state index is -0.0788. The lowest BCUT2D eigenvalue weighted by atomic mass is 9.91. The normalized spacial score (nSPS) is 13.6. The molecule has 0 bridgehead atoms. The summed E-state index contributed by atoms with van der Waals surface area (Å²) in [6, 6.07) is 0. The van der Waals surface area contributed by atoms with Gasteiger partial charge in [-0.25, -0.2) is 0 Å². The van der Waals surface area contributed by atoms with Crippen LogP contribution < -0.4 is 10.6 Å². The predicted octanol–water partition coefficient (Wildman–Crippen LogP) is 1.25. The number of nitrogens with zero attached hydrogens (tertiary/aromatic N) is 3. The summed E-state index contributed by atoms with van der Waals surface area (Å²) in [4.78, 5) is 4.26. The first kappa shape index (κ1) is 18.2. The van der Waals surface area contributed by atoms with E-state index in [1.165, 1.54) is 6.42 Å². The first-order valence-corrected chi connectivity index (χ1v) is 6.99. The lowest BCUT2D eigenvalue weighted by Gasteiger charge is -2.29. The second kappa shape index (κ2) is 9.13. The van der Waals surface area contributed by atoms with Crippen molar-refractivity contribution >= 4 is 0 Å². The Morgan fingerprint density at radius 1 is 1.16 bits per heavy atom. The van der Waals surface area contributed by atoms with E-state index in [-0.39, 0.29) is 6.29 Å². The van der Waals surface area contributed by atoms with E-state index in [2.05, 4.69) is 55.3 Å². The van der Waals surface area contributed by atoms with Gasteiger partial charge in [0.05, 0.1) is 0 Å². The van der Waals surface area contributed by atoms with Crippen LogP contribution in [0.3, 0.4) is 0 Å². The lowest BCUT2D eigenvalue weighted by molar-refractivity contribution is 0.168. The topological polar surface area (TPSA) is 54.3 Å². The fraction of sp³-hybridized carbons (Fsp3) is 0.929. The summed E-state index contributed by atoms with van der Waals surface area (Å²) in [5, 5.41) is 15.0.